The van der Waals surface area contributed by atoms with E-state index in [1.54, 1.807) is 75.1 Å². The number of nitrogens with zero attached hydrogens (tertiary/aromatic N) is 16. The summed E-state index contributed by atoms with van der Waals surface area (Å²) >= 11 is 0. The number of anilines is 3. The molecule has 0 spiro atoms. The molecule has 10 heterocycles. The van der Waals surface area contributed by atoms with Gasteiger partial charge < -0.3 is 84.0 Å². The summed E-state index contributed by atoms with van der Waals surface area (Å²) in [6.45, 7) is 18.5. The number of carbonyl (C=O) groups is 7. The third kappa shape index (κ3) is 25.6. The van der Waals surface area contributed by atoms with Crippen molar-refractivity contribution >= 4 is 81.0 Å². The maximum atomic E-state index is 15.0. The van der Waals surface area contributed by atoms with Crippen LogP contribution in [-0.4, -0.2) is 274 Å². The van der Waals surface area contributed by atoms with Crippen LogP contribution >= 0.6 is 0 Å². The number of benzene rings is 2. The van der Waals surface area contributed by atoms with Gasteiger partial charge in [0.05, 0.1) is 93.5 Å². The first-order valence-electron chi connectivity index (χ1n) is 47.1. The molecule has 37 heteroatoms. The van der Waals surface area contributed by atoms with Crippen molar-refractivity contribution in [2.45, 2.75) is 225 Å². The average Bonchev–Trinajstić information content (AvgIpc) is 1.41. The molecule has 15 atom stereocenters. The van der Waals surface area contributed by atoms with Gasteiger partial charge in [-0.1, -0.05) is 99.7 Å². The van der Waals surface area contributed by atoms with E-state index in [9.17, 15) is 43.8 Å². The Morgan fingerprint density at radius 1 is 0.746 bits per heavy atom. The average molecular weight is 1850 g/mol. The SMILES string of the molecule is CO[C@H]1C[C@@H]2CC[C@@H](C)[C@@](O)(O2)C(=O)C(=O)N2CCCC[C@H]2C(=O)OC([C@H](C)C[C@@H]2CC[C@H](n3nncc3-c3cccc(-c4cnc(N5CCN(C(=O)CCc6cn(CCOCCOCCOCCC(=O)NCCCCn7nc(-c8ccc9oc(N)nc9c8)c8c(N)ncnc87)nn6)CC5)nc4)c3)[C@H](OC)C2)CC(=O)[C@H](C)/C=C(\C)[C@@H](O)[C@@H](OC)C(=O)[C@H](C)C[C@H](C)/C=C/C=C/C=C/1C. The maximum absolute atomic E-state index is 15.0. The predicted octanol–water partition coefficient (Wildman–Crippen LogP) is 9.80. The molecule has 134 heavy (non-hydrogen) atoms. The van der Waals surface area contributed by atoms with Crippen molar-refractivity contribution in [1.29, 1.82) is 0 Å². The third-order valence-electron chi connectivity index (χ3n) is 26.6. The molecule has 722 valence electrons. The topological polar surface area (TPSA) is 464 Å². The van der Waals surface area contributed by atoms with E-state index >= 15 is 0 Å². The number of carbonyl (C=O) groups excluding carboxylic acids is 7. The number of aliphatic hydroxyl groups is 2. The molecule has 7 N–H and O–H groups in total. The number of esters is 1. The van der Waals surface area contributed by atoms with E-state index < -0.39 is 83.7 Å². The highest BCUT2D eigenvalue weighted by atomic mass is 16.6. The first-order valence-corrected chi connectivity index (χ1v) is 47.1. The fourth-order valence-corrected chi connectivity index (χ4v) is 18.7. The zero-order valence-corrected chi connectivity index (χ0v) is 78.6. The molecule has 3 amide bonds. The Bertz CT molecular complexity index is 5430. The lowest BCUT2D eigenvalue weighted by molar-refractivity contribution is -0.265. The molecular formula is C97H131N19O18. The molecular weight excluding hydrogens is 1720 g/mol. The van der Waals surface area contributed by atoms with Gasteiger partial charge in [0.1, 0.15) is 53.5 Å². The molecule has 2 bridgehead atoms. The highest BCUT2D eigenvalue weighted by molar-refractivity contribution is 6.39. The minimum Gasteiger partial charge on any atom is -0.460 e. The number of Topliss-reactive ketones (excluding diaryl/α,β-unsaturated/α-hetero) is 3. The number of amides is 3. The lowest BCUT2D eigenvalue weighted by Gasteiger charge is -2.42. The normalized spacial score (nSPS) is 26.4. The zero-order chi connectivity index (χ0) is 95.1. The van der Waals surface area contributed by atoms with Crippen molar-refractivity contribution in [3.05, 3.63) is 127 Å². The van der Waals surface area contributed by atoms with Gasteiger partial charge in [0.2, 0.25) is 23.5 Å². The van der Waals surface area contributed by atoms with Crippen molar-refractivity contribution < 1.29 is 86.1 Å². The fourth-order valence-electron chi connectivity index (χ4n) is 18.7. The summed E-state index contributed by atoms with van der Waals surface area (Å²) in [6.07, 6.45) is 22.3. The number of nitrogen functional groups attached to an aromatic ring is 2. The Morgan fingerprint density at radius 3 is 2.28 bits per heavy atom. The molecule has 6 aromatic heterocycles. The summed E-state index contributed by atoms with van der Waals surface area (Å²) in [5.74, 6) is -7.71. The highest BCUT2D eigenvalue weighted by Gasteiger charge is 2.53. The Kier molecular flexibility index (Phi) is 35.7. The molecule has 3 saturated heterocycles. The number of fused-ring (bicyclic) bond motifs is 5. The van der Waals surface area contributed by atoms with Crippen LogP contribution in [0.5, 0.6) is 0 Å². The second-order valence-corrected chi connectivity index (χ2v) is 36.3. The second kappa shape index (κ2) is 47.8. The summed E-state index contributed by atoms with van der Waals surface area (Å²) in [7, 11) is 4.63. The quantitative estimate of drug-likeness (QED) is 0.0117. The predicted molar refractivity (Wildman–Crippen MR) is 498 cm³/mol. The molecule has 1 aliphatic carbocycles. The molecule has 13 rings (SSSR count). The molecule has 37 nitrogen and oxygen atoms in total. The number of oxazole rings is 1. The van der Waals surface area contributed by atoms with Gasteiger partial charge in [-0.2, -0.15) is 10.1 Å². The van der Waals surface area contributed by atoms with E-state index in [2.05, 4.69) is 51.9 Å². The molecule has 2 aromatic carbocycles. The number of nitrogens with two attached hydrogens (primary N) is 2. The molecule has 1 saturated carbocycles. The second-order valence-electron chi connectivity index (χ2n) is 36.3. The Hall–Kier alpha value is -11.3. The van der Waals surface area contributed by atoms with Gasteiger partial charge in [-0.25, -0.2) is 38.8 Å². The van der Waals surface area contributed by atoms with Crippen LogP contribution in [-0.2, 0) is 91.0 Å². The number of nitrogens with one attached hydrogen (secondary N) is 1. The Labute approximate surface area is 780 Å². The van der Waals surface area contributed by atoms with Gasteiger partial charge in [-0.05, 0) is 150 Å². The molecule has 4 fully saturated rings. The van der Waals surface area contributed by atoms with E-state index in [1.165, 1.54) is 18.3 Å². The van der Waals surface area contributed by atoms with Gasteiger partial charge in [-0.3, -0.25) is 28.8 Å². The smallest absolute Gasteiger partial charge is 0.329 e. The number of aliphatic hydroxyl groups excluding tert-OH is 1. The van der Waals surface area contributed by atoms with Gasteiger partial charge >= 0.3 is 5.97 Å². The molecule has 8 aromatic rings. The number of hydrogen-bond donors (Lipinski definition) is 5. The van der Waals surface area contributed by atoms with Crippen molar-refractivity contribution in [2.75, 3.05) is 117 Å². The number of piperidine rings is 1. The number of aromatic nitrogens is 13. The standard InChI is InChI=1S/C97H131N19O18/c1-60-19-12-11-13-20-61(2)80(126-8)53-73-28-24-66(7)97(125,134-73)90(122)93(123)114-34-16-14-23-76(114)94(124)132-81(54-78(117)62(3)48-65(6)88(121)89(128-10)87(120)64(5)47-60)63(4)49-67-25-29-75(82(50-67)127-9)116-77(57-105-109-116)69-22-18-21-68(51-69)71-55-101-96(102-56-71)112-38-36-111(37-39-112)84(119)31-27-72-58-113(110-107-72)40-42-130-44-46-131-45-43-129-41-32-83(118)100-33-15-17-35-115-92-85(91(98)103-59-104-92)86(108-115)70-26-30-79-74(52-70)106-95(99)133-79/h11-13,18-22,26,30,48,51-52,55-60,62-64,66-67,73,75-76,80-82,88-89,121,125H,14-17,23-25,27-29,31-47,49-50,53-54H2,1-10H3,(H2,99,106)(H,100,118)(H2,98,103,104)/b13-11+,19-12+,61-20+,65-48+/t60-,62-,63-,64-,66-,67+,73+,75+,76+,80+,81?,82-,88-,89+,97-/m1/s1. The lowest BCUT2D eigenvalue weighted by Crippen LogP contribution is -2.61. The Morgan fingerprint density at radius 2 is 1.51 bits per heavy atom. The Balaban J connectivity index is 0.539. The van der Waals surface area contributed by atoms with Crippen molar-refractivity contribution in [1.82, 2.24) is 79.8 Å². The van der Waals surface area contributed by atoms with Gasteiger partial charge in [-0.15, -0.1) is 10.2 Å². The summed E-state index contributed by atoms with van der Waals surface area (Å²) < 4.78 is 58.6. The molecule has 5 aliphatic rings. The number of aryl methyl sites for hydroxylation is 2. The van der Waals surface area contributed by atoms with Crippen molar-refractivity contribution in [2.24, 2.45) is 35.5 Å². The summed E-state index contributed by atoms with van der Waals surface area (Å²) in [6, 6.07) is 12.2. The monoisotopic (exact) mass is 1850 g/mol. The number of piperazine rings is 1. The number of hydrogen-bond acceptors (Lipinski definition) is 31. The van der Waals surface area contributed by atoms with Crippen molar-refractivity contribution in [3.63, 3.8) is 0 Å². The van der Waals surface area contributed by atoms with Gasteiger partial charge in [0, 0.05) is 152 Å². The van der Waals surface area contributed by atoms with Crippen LogP contribution in [0.3, 0.4) is 0 Å². The van der Waals surface area contributed by atoms with Crippen LogP contribution in [0.1, 0.15) is 163 Å². The number of methoxy groups -OCH3 is 3. The van der Waals surface area contributed by atoms with E-state index in [0.29, 0.717) is 187 Å². The number of allylic oxidation sites excluding steroid dienone is 6. The van der Waals surface area contributed by atoms with Gasteiger partial charge in [0.15, 0.2) is 17.0 Å². The lowest BCUT2D eigenvalue weighted by atomic mass is 9.77. The van der Waals surface area contributed by atoms with Crippen LogP contribution in [0.2, 0.25) is 0 Å². The summed E-state index contributed by atoms with van der Waals surface area (Å²) in [4.78, 5) is 127. The van der Waals surface area contributed by atoms with Crippen LogP contribution in [0.15, 0.2) is 126 Å². The third-order valence-corrected chi connectivity index (χ3v) is 26.6. The first-order chi connectivity index (χ1) is 64.7. The number of unbranched alkanes of at least 4 members (excludes halogenated alkanes) is 1. The zero-order valence-electron chi connectivity index (χ0n) is 78.6. The van der Waals surface area contributed by atoms with Crippen LogP contribution in [0, 0.1) is 35.5 Å². The summed E-state index contributed by atoms with van der Waals surface area (Å²) in [5, 5.41) is 50.0. The fraction of sp³-hybridized carbons (Fsp3) is 0.577. The van der Waals surface area contributed by atoms with Crippen molar-refractivity contribution in [3.8, 4) is 33.6 Å². The number of ketones is 3. The maximum Gasteiger partial charge on any atom is 0.329 e. The first kappa shape index (κ1) is 100. The van der Waals surface area contributed by atoms with E-state index in [0.717, 1.165) is 52.8 Å². The van der Waals surface area contributed by atoms with E-state index in [-0.39, 0.29) is 98.6 Å². The van der Waals surface area contributed by atoms with Crippen LogP contribution in [0.4, 0.5) is 17.8 Å². The van der Waals surface area contributed by atoms with Crippen LogP contribution in [0.25, 0.3) is 55.8 Å². The number of cyclic esters (lactones) is 1. The largest absolute Gasteiger partial charge is 0.460 e. The minimum absolute atomic E-state index is 0.0196. The number of ether oxygens (including phenoxy) is 8. The highest BCUT2D eigenvalue weighted by Crippen LogP contribution is 2.43. The number of rotatable bonds is 31. The van der Waals surface area contributed by atoms with E-state index in [4.69, 9.17) is 68.8 Å². The van der Waals surface area contributed by atoms with E-state index in [1.807, 2.05) is 104 Å². The summed E-state index contributed by atoms with van der Waals surface area (Å²) in [5.41, 5.74) is 20.5. The molecule has 0 radical (unpaired) electrons. The molecule has 1 unspecified atom stereocenters. The van der Waals surface area contributed by atoms with Crippen LogP contribution < -0.4 is 21.7 Å². The van der Waals surface area contributed by atoms with Gasteiger partial charge in [0.25, 0.3) is 17.7 Å². The minimum atomic E-state index is -2.48. The molecule has 4 aliphatic heterocycles.